The quantitative estimate of drug-likeness (QED) is 0.338. The molecule has 0 saturated carbocycles. The van der Waals surface area contributed by atoms with Crippen molar-refractivity contribution in [3.63, 3.8) is 0 Å². The van der Waals surface area contributed by atoms with Crippen LogP contribution in [0, 0.1) is 17.3 Å². The minimum atomic E-state index is 0.199. The summed E-state index contributed by atoms with van der Waals surface area (Å²) in [5, 5.41) is 12.5. The van der Waals surface area contributed by atoms with Gasteiger partial charge >= 0.3 is 0 Å². The molecule has 8 atom stereocenters. The van der Waals surface area contributed by atoms with Crippen LogP contribution in [-0.2, 0) is 0 Å². The van der Waals surface area contributed by atoms with Crippen LogP contribution in [0.3, 0.4) is 0 Å². The maximum atomic E-state index is 5.98. The molecule has 1 aromatic rings. The molecule has 0 radical (unpaired) electrons. The van der Waals surface area contributed by atoms with Crippen molar-refractivity contribution < 1.29 is 0 Å². The summed E-state index contributed by atoms with van der Waals surface area (Å²) in [6.07, 6.45) is 12.3. The molecule has 208 valence electrons. The lowest BCUT2D eigenvalue weighted by Gasteiger charge is -2.50. The van der Waals surface area contributed by atoms with Crippen molar-refractivity contribution in [1.82, 2.24) is 30.6 Å². The van der Waals surface area contributed by atoms with E-state index < -0.39 is 0 Å². The highest BCUT2D eigenvalue weighted by Gasteiger charge is 2.47. The van der Waals surface area contributed by atoms with Gasteiger partial charge in [0.05, 0.1) is 41.3 Å². The Morgan fingerprint density at radius 3 is 2.62 bits per heavy atom. The minimum Gasteiger partial charge on any atom is -0.397 e. The largest absolute Gasteiger partial charge is 0.397 e. The van der Waals surface area contributed by atoms with Crippen LogP contribution < -0.4 is 26.4 Å². The monoisotopic (exact) mass is 529 g/mol. The van der Waals surface area contributed by atoms with Crippen LogP contribution in [0.2, 0.25) is 0 Å². The van der Waals surface area contributed by atoms with Gasteiger partial charge in [0.2, 0.25) is 0 Å². The molecule has 4 saturated heterocycles. The van der Waals surface area contributed by atoms with Gasteiger partial charge in [0.15, 0.2) is 0 Å². The SMILES string of the molecule is CC(C)(C)C1CCC2CNSC3CCCC(N3)NC(c3ccc(N)cn3)CC[C@@H]3CN(C2N1)C(C)(C)C3. The third kappa shape index (κ3) is 6.64. The zero-order valence-electron chi connectivity index (χ0n) is 23.7. The van der Waals surface area contributed by atoms with E-state index in [2.05, 4.69) is 66.3 Å². The highest BCUT2D eigenvalue weighted by Crippen LogP contribution is 2.41. The summed E-state index contributed by atoms with van der Waals surface area (Å²) >= 11 is 1.91. The Kier molecular flexibility index (Phi) is 8.45. The zero-order valence-corrected chi connectivity index (χ0v) is 24.5. The van der Waals surface area contributed by atoms with Gasteiger partial charge < -0.3 is 5.73 Å². The summed E-state index contributed by atoms with van der Waals surface area (Å²) in [7, 11) is 0. The van der Waals surface area contributed by atoms with Crippen molar-refractivity contribution in [3.05, 3.63) is 24.0 Å². The van der Waals surface area contributed by atoms with E-state index in [1.807, 2.05) is 24.2 Å². The third-order valence-corrected chi connectivity index (χ3v) is 10.4. The van der Waals surface area contributed by atoms with Gasteiger partial charge in [-0.15, -0.1) is 0 Å². The van der Waals surface area contributed by atoms with E-state index >= 15 is 0 Å². The highest BCUT2D eigenvalue weighted by atomic mass is 32.2. The number of piperidine rings is 2. The van der Waals surface area contributed by atoms with Crippen LogP contribution in [0.25, 0.3) is 0 Å². The number of nitrogens with two attached hydrogens (primary N) is 1. The highest BCUT2D eigenvalue weighted by molar-refractivity contribution is 7.98. The standard InChI is InChI=1S/C29H51N7S/c1-28(2,3)24-14-10-20-16-32-37-26-8-6-7-25(35-26)33-23(22-13-11-21(30)17-31-22)12-9-19-15-29(4,5)36(18-19)27(20)34-24/h11,13,17,19-20,23-27,32-35H,6-10,12,14-16,18,30H2,1-5H3/t19-,20?,23?,24?,25?,26?,27?/m0/s1. The molecular weight excluding hydrogens is 478 g/mol. The van der Waals surface area contributed by atoms with Crippen molar-refractivity contribution in [1.29, 1.82) is 0 Å². The van der Waals surface area contributed by atoms with Gasteiger partial charge in [-0.25, -0.2) is 0 Å². The van der Waals surface area contributed by atoms with Gasteiger partial charge in [-0.3, -0.25) is 30.6 Å². The van der Waals surface area contributed by atoms with E-state index in [1.165, 1.54) is 45.1 Å². The molecule has 4 aliphatic rings. The van der Waals surface area contributed by atoms with Crippen molar-refractivity contribution >= 4 is 17.6 Å². The Morgan fingerprint density at radius 2 is 1.86 bits per heavy atom. The summed E-state index contributed by atoms with van der Waals surface area (Å²) in [4.78, 5) is 7.59. The van der Waals surface area contributed by atoms with E-state index in [-0.39, 0.29) is 17.0 Å². The topological polar surface area (TPSA) is 90.3 Å². The van der Waals surface area contributed by atoms with Crippen LogP contribution in [0.15, 0.2) is 18.3 Å². The summed E-state index contributed by atoms with van der Waals surface area (Å²) < 4.78 is 3.83. The maximum absolute atomic E-state index is 5.98. The van der Waals surface area contributed by atoms with Crippen LogP contribution in [0.4, 0.5) is 5.69 Å². The lowest BCUT2D eigenvalue weighted by Crippen LogP contribution is -2.63. The maximum Gasteiger partial charge on any atom is 0.0690 e. The molecule has 8 heteroatoms. The lowest BCUT2D eigenvalue weighted by molar-refractivity contribution is 0.00552. The number of hydrogen-bond donors (Lipinski definition) is 5. The fourth-order valence-corrected chi connectivity index (χ4v) is 8.29. The first kappa shape index (κ1) is 27.7. The first-order chi connectivity index (χ1) is 17.6. The first-order valence-corrected chi connectivity index (χ1v) is 15.6. The average molecular weight is 530 g/mol. The van der Waals surface area contributed by atoms with Crippen molar-refractivity contribution in [2.24, 2.45) is 17.3 Å². The molecule has 7 nitrogen and oxygen atoms in total. The van der Waals surface area contributed by atoms with Crippen molar-refractivity contribution in [3.8, 4) is 0 Å². The molecule has 37 heavy (non-hydrogen) atoms. The molecule has 5 heterocycles. The molecule has 0 amide bonds. The molecule has 5 rings (SSSR count). The number of pyridine rings is 1. The Morgan fingerprint density at radius 1 is 1.03 bits per heavy atom. The van der Waals surface area contributed by atoms with Crippen molar-refractivity contribution in [2.45, 2.75) is 121 Å². The molecule has 7 unspecified atom stereocenters. The number of rotatable bonds is 1. The number of nitrogens with one attached hydrogen (secondary N) is 4. The van der Waals surface area contributed by atoms with E-state index in [1.54, 1.807) is 0 Å². The van der Waals surface area contributed by atoms with Gasteiger partial charge in [-0.1, -0.05) is 32.7 Å². The van der Waals surface area contributed by atoms with E-state index in [0.29, 0.717) is 35.6 Å². The number of hydrogen-bond acceptors (Lipinski definition) is 8. The van der Waals surface area contributed by atoms with Gasteiger partial charge in [0, 0.05) is 30.6 Å². The molecule has 4 aliphatic heterocycles. The Labute approximate surface area is 229 Å². The molecule has 4 bridgehead atoms. The summed E-state index contributed by atoms with van der Waals surface area (Å²) in [5.74, 6) is 1.32. The molecule has 0 spiro atoms. The van der Waals surface area contributed by atoms with Gasteiger partial charge in [0.1, 0.15) is 0 Å². The van der Waals surface area contributed by atoms with E-state index in [0.717, 1.165) is 30.8 Å². The second-order valence-corrected chi connectivity index (χ2v) is 14.9. The Hall–Kier alpha value is -0.900. The minimum absolute atomic E-state index is 0.199. The molecular formula is C29H51N7S. The fraction of sp³-hybridized carbons (Fsp3) is 0.828. The van der Waals surface area contributed by atoms with Gasteiger partial charge in [0.25, 0.3) is 0 Å². The Bertz CT molecular complexity index is 885. The van der Waals surface area contributed by atoms with Crippen molar-refractivity contribution in [2.75, 3.05) is 18.8 Å². The predicted molar refractivity (Wildman–Crippen MR) is 156 cm³/mol. The lowest BCUT2D eigenvalue weighted by atomic mass is 9.78. The second-order valence-electron chi connectivity index (χ2n) is 13.8. The molecule has 0 aromatic carbocycles. The number of nitrogen functional groups attached to an aromatic ring is 1. The molecule has 6 N–H and O–H groups in total. The Balaban J connectivity index is 1.39. The first-order valence-electron chi connectivity index (χ1n) is 14.7. The smallest absolute Gasteiger partial charge is 0.0690 e. The predicted octanol–water partition coefficient (Wildman–Crippen LogP) is 4.59. The van der Waals surface area contributed by atoms with Gasteiger partial charge in [-0.05, 0) is 88.7 Å². The summed E-state index contributed by atoms with van der Waals surface area (Å²) in [6.45, 7) is 14.4. The van der Waals surface area contributed by atoms with Gasteiger partial charge in [-0.2, -0.15) is 0 Å². The average Bonchev–Trinajstić information content (AvgIpc) is 3.15. The number of fused-ring (bicyclic) bond motifs is 6. The van der Waals surface area contributed by atoms with Crippen LogP contribution in [0.5, 0.6) is 0 Å². The van der Waals surface area contributed by atoms with Crippen LogP contribution in [0.1, 0.15) is 97.7 Å². The van der Waals surface area contributed by atoms with Crippen LogP contribution >= 0.6 is 11.9 Å². The number of nitrogens with zero attached hydrogens (tertiary/aromatic N) is 2. The molecule has 4 fully saturated rings. The van der Waals surface area contributed by atoms with E-state index in [4.69, 9.17) is 10.7 Å². The summed E-state index contributed by atoms with van der Waals surface area (Å²) in [6, 6.07) is 4.91. The number of aromatic nitrogens is 1. The zero-order chi connectivity index (χ0) is 26.2. The third-order valence-electron chi connectivity index (χ3n) is 9.40. The van der Waals surface area contributed by atoms with Crippen LogP contribution in [-0.4, -0.2) is 52.3 Å². The van der Waals surface area contributed by atoms with E-state index in [9.17, 15) is 0 Å². The molecule has 0 aliphatic carbocycles. The molecule has 1 aromatic heterocycles. The fourth-order valence-electron chi connectivity index (χ4n) is 7.27. The second kappa shape index (κ2) is 11.3. The summed E-state index contributed by atoms with van der Waals surface area (Å²) in [5.41, 5.74) is 8.30. The normalized spacial score (nSPS) is 39.3. The number of anilines is 1.